The van der Waals surface area contributed by atoms with Crippen molar-refractivity contribution in [3.63, 3.8) is 0 Å². The molecule has 3 aromatic carbocycles. The van der Waals surface area contributed by atoms with Crippen LogP contribution in [0.4, 0.5) is 5.69 Å². The summed E-state index contributed by atoms with van der Waals surface area (Å²) in [5.41, 5.74) is 5.79. The lowest BCUT2D eigenvalue weighted by atomic mass is 9.86. The van der Waals surface area contributed by atoms with Crippen molar-refractivity contribution in [2.45, 2.75) is 39.3 Å². The van der Waals surface area contributed by atoms with Crippen LogP contribution in [0.25, 0.3) is 5.57 Å². The summed E-state index contributed by atoms with van der Waals surface area (Å²) >= 11 is 6.21. The van der Waals surface area contributed by atoms with Gasteiger partial charge in [-0.25, -0.2) is 0 Å². The van der Waals surface area contributed by atoms with Gasteiger partial charge < -0.3 is 19.3 Å². The van der Waals surface area contributed by atoms with Crippen LogP contribution in [0.15, 0.2) is 66.4 Å². The number of nitrogens with zero attached hydrogens (tertiary/aromatic N) is 3. The average Bonchev–Trinajstić information content (AvgIpc) is 2.89. The Morgan fingerprint density at radius 1 is 1.08 bits per heavy atom. The van der Waals surface area contributed by atoms with Crippen molar-refractivity contribution < 1.29 is 14.3 Å². The van der Waals surface area contributed by atoms with E-state index in [1.165, 1.54) is 0 Å². The van der Waals surface area contributed by atoms with Gasteiger partial charge in [-0.15, -0.1) is 0 Å². The van der Waals surface area contributed by atoms with E-state index in [4.69, 9.17) is 21.1 Å². The summed E-state index contributed by atoms with van der Waals surface area (Å²) in [7, 11) is 5.42. The lowest BCUT2D eigenvalue weighted by Gasteiger charge is -2.38. The van der Waals surface area contributed by atoms with Gasteiger partial charge in [-0.2, -0.15) is 5.26 Å². The molecule has 1 heterocycles. The first-order valence-electron chi connectivity index (χ1n) is 12.5. The number of rotatable bonds is 7. The molecule has 0 radical (unpaired) electrons. The third kappa shape index (κ3) is 5.34. The van der Waals surface area contributed by atoms with Crippen LogP contribution in [0.3, 0.4) is 0 Å². The molecule has 0 fully saturated rings. The molecule has 1 aliphatic heterocycles. The van der Waals surface area contributed by atoms with Gasteiger partial charge in [0, 0.05) is 30.5 Å². The molecule has 0 N–H and O–H groups in total. The maximum absolute atomic E-state index is 13.7. The highest BCUT2D eigenvalue weighted by atomic mass is 35.5. The molecule has 0 bridgehead atoms. The van der Waals surface area contributed by atoms with Crippen molar-refractivity contribution in [2.24, 2.45) is 0 Å². The summed E-state index contributed by atoms with van der Waals surface area (Å²) in [5, 5.41) is 10.4. The molecule has 1 atom stereocenters. The van der Waals surface area contributed by atoms with Gasteiger partial charge in [0.2, 0.25) is 5.91 Å². The van der Waals surface area contributed by atoms with Crippen LogP contribution in [-0.4, -0.2) is 38.1 Å². The number of carbonyl (C=O) groups is 1. The Bertz CT molecular complexity index is 1400. The molecule has 0 unspecified atom stereocenters. The highest BCUT2D eigenvalue weighted by Crippen LogP contribution is 2.44. The number of hydrogen-bond donors (Lipinski definition) is 0. The van der Waals surface area contributed by atoms with Gasteiger partial charge in [0.05, 0.1) is 31.2 Å². The Morgan fingerprint density at radius 3 is 2.29 bits per heavy atom. The molecule has 0 saturated heterocycles. The number of methoxy groups -OCH3 is 1. The van der Waals surface area contributed by atoms with E-state index in [2.05, 4.69) is 6.07 Å². The minimum absolute atomic E-state index is 0.0368. The fourth-order valence-corrected chi connectivity index (χ4v) is 4.82. The van der Waals surface area contributed by atoms with E-state index < -0.39 is 6.04 Å². The minimum Gasteiger partial charge on any atom is -0.493 e. The van der Waals surface area contributed by atoms with Gasteiger partial charge in [0.15, 0.2) is 11.5 Å². The van der Waals surface area contributed by atoms with Crippen LogP contribution >= 0.6 is 11.6 Å². The van der Waals surface area contributed by atoms with Crippen molar-refractivity contribution >= 4 is 28.8 Å². The van der Waals surface area contributed by atoms with Crippen molar-refractivity contribution in [2.75, 3.05) is 26.1 Å². The second-order valence-electron chi connectivity index (χ2n) is 9.78. The first-order chi connectivity index (χ1) is 18.1. The zero-order valence-electron chi connectivity index (χ0n) is 22.6. The van der Waals surface area contributed by atoms with E-state index in [1.54, 1.807) is 7.11 Å². The quantitative estimate of drug-likeness (QED) is 0.321. The number of fused-ring (bicyclic) bond motifs is 1. The molecule has 0 aromatic heterocycles. The molecule has 4 rings (SSSR count). The van der Waals surface area contributed by atoms with E-state index in [0.29, 0.717) is 22.1 Å². The van der Waals surface area contributed by atoms with Crippen LogP contribution in [0.2, 0.25) is 5.02 Å². The number of anilines is 1. The summed E-state index contributed by atoms with van der Waals surface area (Å²) in [6, 6.07) is 20.9. The Labute approximate surface area is 229 Å². The monoisotopic (exact) mass is 529 g/mol. The van der Waals surface area contributed by atoms with Crippen molar-refractivity contribution in [3.05, 3.63) is 93.6 Å². The standard InChI is InChI=1S/C31H32ClN3O3/c1-19(2)38-29-17-26-23(15-28(29)37-6)16-30(36)35(31(26)22-7-11-24(32)12-8-22)25-13-9-21(10-14-25)27(18-33)20(3)34(4)5/h7-15,17,19,31H,16H2,1-6H3/b27-20+/t31-/m0/s1. The normalized spacial score (nSPS) is 15.5. The number of halogens is 1. The summed E-state index contributed by atoms with van der Waals surface area (Å²) < 4.78 is 11.7. The molecule has 0 saturated carbocycles. The minimum atomic E-state index is -0.399. The van der Waals surface area contributed by atoms with Crippen molar-refractivity contribution in [1.82, 2.24) is 4.90 Å². The maximum Gasteiger partial charge on any atom is 0.232 e. The molecule has 1 amide bonds. The first kappa shape index (κ1) is 27.1. The number of nitriles is 1. The van der Waals surface area contributed by atoms with E-state index in [0.717, 1.165) is 33.6 Å². The van der Waals surface area contributed by atoms with Crippen LogP contribution in [-0.2, 0) is 11.2 Å². The smallest absolute Gasteiger partial charge is 0.232 e. The predicted molar refractivity (Wildman–Crippen MR) is 152 cm³/mol. The zero-order chi connectivity index (χ0) is 27.6. The van der Waals surface area contributed by atoms with E-state index in [-0.39, 0.29) is 18.4 Å². The van der Waals surface area contributed by atoms with Gasteiger partial charge in [-0.1, -0.05) is 35.9 Å². The lowest BCUT2D eigenvalue weighted by Crippen LogP contribution is -2.41. The van der Waals surface area contributed by atoms with Crippen molar-refractivity contribution in [3.8, 4) is 17.6 Å². The number of allylic oxidation sites excluding steroid dienone is 2. The van der Waals surface area contributed by atoms with E-state index in [1.807, 2.05) is 105 Å². The molecule has 3 aromatic rings. The number of carbonyl (C=O) groups excluding carboxylic acids is 1. The highest BCUT2D eigenvalue weighted by Gasteiger charge is 2.36. The third-order valence-electron chi connectivity index (χ3n) is 6.72. The summed E-state index contributed by atoms with van der Waals surface area (Å²) in [5.74, 6) is 1.20. The van der Waals surface area contributed by atoms with Crippen LogP contribution < -0.4 is 14.4 Å². The first-order valence-corrected chi connectivity index (χ1v) is 12.9. The molecule has 1 aliphatic rings. The molecular formula is C31H32ClN3O3. The van der Waals surface area contributed by atoms with Gasteiger partial charge in [-0.3, -0.25) is 4.79 Å². The molecular weight excluding hydrogens is 498 g/mol. The number of amides is 1. The SMILES string of the molecule is COc1cc2c(cc1OC(C)C)[C@H](c1ccc(Cl)cc1)N(c1ccc(/C(C#N)=C(\C)N(C)C)cc1)C(=O)C2. The molecule has 38 heavy (non-hydrogen) atoms. The Balaban J connectivity index is 1.87. The Morgan fingerprint density at radius 2 is 1.74 bits per heavy atom. The molecule has 0 spiro atoms. The lowest BCUT2D eigenvalue weighted by molar-refractivity contribution is -0.118. The topological polar surface area (TPSA) is 65.8 Å². The maximum atomic E-state index is 13.7. The summed E-state index contributed by atoms with van der Waals surface area (Å²) in [4.78, 5) is 17.4. The van der Waals surface area contributed by atoms with Gasteiger partial charge >= 0.3 is 0 Å². The summed E-state index contributed by atoms with van der Waals surface area (Å²) in [6.45, 7) is 5.85. The van der Waals surface area contributed by atoms with E-state index >= 15 is 0 Å². The van der Waals surface area contributed by atoms with Crippen LogP contribution in [0.1, 0.15) is 49.1 Å². The summed E-state index contributed by atoms with van der Waals surface area (Å²) in [6.07, 6.45) is 0.181. The second-order valence-corrected chi connectivity index (χ2v) is 10.2. The fourth-order valence-electron chi connectivity index (χ4n) is 4.70. The van der Waals surface area contributed by atoms with Crippen molar-refractivity contribution in [1.29, 1.82) is 5.26 Å². The number of hydrogen-bond acceptors (Lipinski definition) is 5. The average molecular weight is 530 g/mol. The second kappa shape index (κ2) is 11.2. The Kier molecular flexibility index (Phi) is 7.99. The van der Waals surface area contributed by atoms with Gasteiger partial charge in [-0.05, 0) is 79.4 Å². The van der Waals surface area contributed by atoms with E-state index in [9.17, 15) is 10.1 Å². The van der Waals surface area contributed by atoms with Gasteiger partial charge in [0.25, 0.3) is 0 Å². The number of ether oxygens (including phenoxy) is 2. The Hall–Kier alpha value is -3.95. The van der Waals surface area contributed by atoms with Crippen LogP contribution in [0.5, 0.6) is 11.5 Å². The fraction of sp³-hybridized carbons (Fsp3) is 0.290. The third-order valence-corrected chi connectivity index (χ3v) is 6.97. The zero-order valence-corrected chi connectivity index (χ0v) is 23.3. The van der Waals surface area contributed by atoms with Gasteiger partial charge in [0.1, 0.15) is 6.07 Å². The largest absolute Gasteiger partial charge is 0.493 e. The highest BCUT2D eigenvalue weighted by molar-refractivity contribution is 6.30. The molecule has 7 heteroatoms. The molecule has 196 valence electrons. The van der Waals surface area contributed by atoms with Crippen LogP contribution in [0, 0.1) is 11.3 Å². The number of benzene rings is 3. The molecule has 0 aliphatic carbocycles. The molecule has 6 nitrogen and oxygen atoms in total. The predicted octanol–water partition coefficient (Wildman–Crippen LogP) is 6.63.